The van der Waals surface area contributed by atoms with Crippen LogP contribution in [-0.2, 0) is 6.54 Å². The van der Waals surface area contributed by atoms with Crippen LogP contribution in [0.25, 0.3) is 0 Å². The molecule has 0 aromatic heterocycles. The van der Waals surface area contributed by atoms with Gasteiger partial charge in [0.25, 0.3) is 0 Å². The van der Waals surface area contributed by atoms with Gasteiger partial charge in [-0.05, 0) is 25.5 Å². The molecule has 0 aliphatic carbocycles. The van der Waals surface area contributed by atoms with Crippen molar-refractivity contribution in [2.45, 2.75) is 25.4 Å². The first-order chi connectivity index (χ1) is 8.60. The van der Waals surface area contributed by atoms with Crippen molar-refractivity contribution >= 4 is 11.6 Å². The third-order valence-electron chi connectivity index (χ3n) is 3.27. The zero-order chi connectivity index (χ0) is 13.1. The average Bonchev–Trinajstić information content (AvgIpc) is 2.33. The lowest BCUT2D eigenvalue weighted by molar-refractivity contribution is 0.199. The quantitative estimate of drug-likeness (QED) is 0.882. The molecule has 3 N–H and O–H groups in total. The van der Waals surface area contributed by atoms with Crippen molar-refractivity contribution in [1.29, 1.82) is 0 Å². The molecule has 0 saturated carbocycles. The molecule has 4 nitrogen and oxygen atoms in total. The van der Waals surface area contributed by atoms with E-state index in [1.54, 1.807) is 12.1 Å². The molecule has 1 aliphatic heterocycles. The number of ether oxygens (including phenoxy) is 1. The fourth-order valence-electron chi connectivity index (χ4n) is 2.38. The van der Waals surface area contributed by atoms with Gasteiger partial charge < -0.3 is 15.6 Å². The van der Waals surface area contributed by atoms with Gasteiger partial charge in [0.15, 0.2) is 11.5 Å². The Hall–Kier alpha value is -0.970. The molecule has 1 aromatic carbocycles. The van der Waals surface area contributed by atoms with Crippen LogP contribution in [0.4, 0.5) is 0 Å². The minimum absolute atomic E-state index is 0.168. The second kappa shape index (κ2) is 5.78. The molecule has 100 valence electrons. The largest absolute Gasteiger partial charge is 0.504 e. The molecular formula is C13H19ClN2O2. The summed E-state index contributed by atoms with van der Waals surface area (Å²) in [4.78, 5) is 2.24. The first-order valence-electron chi connectivity index (χ1n) is 6.13. The fourth-order valence-corrected chi connectivity index (χ4v) is 2.61. The van der Waals surface area contributed by atoms with Crippen LogP contribution >= 0.6 is 11.6 Å². The predicted molar refractivity (Wildman–Crippen MR) is 72.2 cm³/mol. The standard InChI is InChI=1S/C13H19ClN2O2/c1-18-12-6-10(14)5-9(13(12)17)7-16-4-2-3-11(15)8-16/h5-6,11,17H,2-4,7-8,15H2,1H3. The van der Waals surface area contributed by atoms with Gasteiger partial charge in [-0.15, -0.1) is 0 Å². The average molecular weight is 271 g/mol. The molecule has 0 bridgehead atoms. The highest BCUT2D eigenvalue weighted by Gasteiger charge is 2.19. The second-order valence-electron chi connectivity index (χ2n) is 4.75. The zero-order valence-corrected chi connectivity index (χ0v) is 11.3. The third kappa shape index (κ3) is 3.07. The van der Waals surface area contributed by atoms with Gasteiger partial charge in [0, 0.05) is 35.8 Å². The minimum Gasteiger partial charge on any atom is -0.504 e. The maximum Gasteiger partial charge on any atom is 0.162 e. The van der Waals surface area contributed by atoms with Gasteiger partial charge in [-0.25, -0.2) is 0 Å². The van der Waals surface area contributed by atoms with Crippen molar-refractivity contribution in [3.05, 3.63) is 22.7 Å². The molecule has 1 aliphatic rings. The number of phenolic OH excluding ortho intramolecular Hbond substituents is 1. The number of nitrogens with zero attached hydrogens (tertiary/aromatic N) is 1. The summed E-state index contributed by atoms with van der Waals surface area (Å²) >= 11 is 6.01. The Labute approximate surface area is 112 Å². The Balaban J connectivity index is 2.15. The maximum absolute atomic E-state index is 10.1. The Morgan fingerprint density at radius 1 is 1.56 bits per heavy atom. The lowest BCUT2D eigenvalue weighted by Crippen LogP contribution is -2.42. The van der Waals surface area contributed by atoms with Gasteiger partial charge in [-0.2, -0.15) is 0 Å². The summed E-state index contributed by atoms with van der Waals surface area (Å²) in [7, 11) is 1.52. The number of benzene rings is 1. The summed E-state index contributed by atoms with van der Waals surface area (Å²) in [6.45, 7) is 2.51. The van der Waals surface area contributed by atoms with Crippen molar-refractivity contribution in [1.82, 2.24) is 4.90 Å². The van der Waals surface area contributed by atoms with E-state index in [0.717, 1.165) is 31.5 Å². The molecule has 1 atom stereocenters. The molecule has 18 heavy (non-hydrogen) atoms. The van der Waals surface area contributed by atoms with Crippen molar-refractivity contribution in [2.75, 3.05) is 20.2 Å². The maximum atomic E-state index is 10.1. The van der Waals surface area contributed by atoms with Gasteiger partial charge >= 0.3 is 0 Å². The molecule has 0 radical (unpaired) electrons. The van der Waals surface area contributed by atoms with Gasteiger partial charge in [-0.3, -0.25) is 4.90 Å². The Morgan fingerprint density at radius 3 is 3.00 bits per heavy atom. The number of nitrogens with two attached hydrogens (primary N) is 1. The lowest BCUT2D eigenvalue weighted by Gasteiger charge is -2.30. The van der Waals surface area contributed by atoms with Crippen molar-refractivity contribution in [3.8, 4) is 11.5 Å². The van der Waals surface area contributed by atoms with E-state index in [1.165, 1.54) is 7.11 Å². The van der Waals surface area contributed by atoms with Crippen molar-refractivity contribution in [3.63, 3.8) is 0 Å². The minimum atomic E-state index is 0.168. The summed E-state index contributed by atoms with van der Waals surface area (Å²) < 4.78 is 5.10. The zero-order valence-electron chi connectivity index (χ0n) is 10.5. The van der Waals surface area contributed by atoms with E-state index in [9.17, 15) is 5.11 Å². The summed E-state index contributed by atoms with van der Waals surface area (Å²) in [5.74, 6) is 0.583. The molecule has 1 fully saturated rings. The van der Waals surface area contributed by atoms with Crippen molar-refractivity contribution in [2.24, 2.45) is 5.73 Å². The van der Waals surface area contributed by atoms with Crippen LogP contribution in [0, 0.1) is 0 Å². The van der Waals surface area contributed by atoms with Gasteiger partial charge in [0.2, 0.25) is 0 Å². The normalized spacial score (nSPS) is 20.9. The van der Waals surface area contributed by atoms with Crippen LogP contribution in [0.3, 0.4) is 0 Å². The smallest absolute Gasteiger partial charge is 0.162 e. The molecule has 5 heteroatoms. The van der Waals surface area contributed by atoms with E-state index in [0.29, 0.717) is 17.3 Å². The highest BCUT2D eigenvalue weighted by atomic mass is 35.5. The Kier molecular flexibility index (Phi) is 4.32. The number of rotatable bonds is 3. The molecule has 0 amide bonds. The molecular weight excluding hydrogens is 252 g/mol. The number of likely N-dealkylation sites (tertiary alicyclic amines) is 1. The SMILES string of the molecule is COc1cc(Cl)cc(CN2CCCC(N)C2)c1O. The van der Waals surface area contributed by atoms with E-state index in [-0.39, 0.29) is 11.8 Å². The van der Waals surface area contributed by atoms with Crippen molar-refractivity contribution < 1.29 is 9.84 Å². The van der Waals surface area contributed by atoms with E-state index in [2.05, 4.69) is 4.90 Å². The first kappa shape index (κ1) is 13.5. The molecule has 1 unspecified atom stereocenters. The number of aromatic hydroxyl groups is 1. The van der Waals surface area contributed by atoms with Crippen LogP contribution < -0.4 is 10.5 Å². The van der Waals surface area contributed by atoms with Crippen LogP contribution in [0.1, 0.15) is 18.4 Å². The van der Waals surface area contributed by atoms with E-state index in [4.69, 9.17) is 22.1 Å². The van der Waals surface area contributed by atoms with E-state index in [1.807, 2.05) is 0 Å². The number of hydrogen-bond acceptors (Lipinski definition) is 4. The third-order valence-corrected chi connectivity index (χ3v) is 3.49. The Bertz CT molecular complexity index is 426. The van der Waals surface area contributed by atoms with Crippen LogP contribution in [0.2, 0.25) is 5.02 Å². The molecule has 2 rings (SSSR count). The van der Waals surface area contributed by atoms with Crippen LogP contribution in [-0.4, -0.2) is 36.2 Å². The monoisotopic (exact) mass is 270 g/mol. The van der Waals surface area contributed by atoms with Crippen LogP contribution in [0.5, 0.6) is 11.5 Å². The highest BCUT2D eigenvalue weighted by Crippen LogP contribution is 2.34. The lowest BCUT2D eigenvalue weighted by atomic mass is 10.1. The van der Waals surface area contributed by atoms with E-state index >= 15 is 0 Å². The molecule has 1 aromatic rings. The predicted octanol–water partition coefficient (Wildman–Crippen LogP) is 1.98. The fraction of sp³-hybridized carbons (Fsp3) is 0.538. The summed E-state index contributed by atoms with van der Waals surface area (Å²) in [5.41, 5.74) is 6.73. The topological polar surface area (TPSA) is 58.7 Å². The first-order valence-corrected chi connectivity index (χ1v) is 6.51. The van der Waals surface area contributed by atoms with Gasteiger partial charge in [0.1, 0.15) is 0 Å². The van der Waals surface area contributed by atoms with E-state index < -0.39 is 0 Å². The second-order valence-corrected chi connectivity index (χ2v) is 5.19. The molecule has 0 spiro atoms. The summed E-state index contributed by atoms with van der Waals surface area (Å²) in [6, 6.07) is 3.61. The number of methoxy groups -OCH3 is 1. The summed E-state index contributed by atoms with van der Waals surface area (Å²) in [5, 5.41) is 10.6. The number of halogens is 1. The number of piperidine rings is 1. The summed E-state index contributed by atoms with van der Waals surface area (Å²) in [6.07, 6.45) is 2.17. The number of hydrogen-bond donors (Lipinski definition) is 2. The van der Waals surface area contributed by atoms with Gasteiger partial charge in [0.05, 0.1) is 7.11 Å². The molecule has 1 heterocycles. The van der Waals surface area contributed by atoms with Gasteiger partial charge in [-0.1, -0.05) is 11.6 Å². The van der Waals surface area contributed by atoms with Crippen LogP contribution in [0.15, 0.2) is 12.1 Å². The molecule has 1 saturated heterocycles. The number of phenols is 1. The Morgan fingerprint density at radius 2 is 2.33 bits per heavy atom. The highest BCUT2D eigenvalue weighted by molar-refractivity contribution is 6.30.